The first-order chi connectivity index (χ1) is 19.1. The van der Waals surface area contributed by atoms with Gasteiger partial charge in [-0.3, -0.25) is 24.1 Å². The van der Waals surface area contributed by atoms with Crippen molar-refractivity contribution in [2.24, 2.45) is 28.6 Å². The molecule has 0 aromatic rings. The van der Waals surface area contributed by atoms with Crippen LogP contribution in [0.1, 0.15) is 84.5 Å². The number of ether oxygens (including phenoxy) is 1. The van der Waals surface area contributed by atoms with E-state index >= 15 is 0 Å². The van der Waals surface area contributed by atoms with Gasteiger partial charge in [0.2, 0.25) is 11.7 Å². The second-order valence-electron chi connectivity index (χ2n) is 13.4. The number of rotatable bonds is 10. The van der Waals surface area contributed by atoms with Crippen LogP contribution < -0.4 is 10.6 Å². The number of ketones is 2. The first-order valence-electron chi connectivity index (χ1n) is 15.4. The van der Waals surface area contributed by atoms with Gasteiger partial charge < -0.3 is 20.5 Å². The number of esters is 1. The van der Waals surface area contributed by atoms with E-state index < -0.39 is 29.4 Å². The molecule has 0 aromatic carbocycles. The average molecular weight is 558 g/mol. The Labute approximate surface area is 237 Å². The monoisotopic (exact) mass is 557 g/mol. The average Bonchev–Trinajstić information content (AvgIpc) is 3.55. The maximum atomic E-state index is 13.4. The summed E-state index contributed by atoms with van der Waals surface area (Å²) in [4.78, 5) is 52.2. The van der Waals surface area contributed by atoms with Crippen LogP contribution in [0.25, 0.3) is 0 Å². The molecule has 3 N–H and O–H groups in total. The first kappa shape index (κ1) is 29.4. The molecule has 0 unspecified atom stereocenters. The fourth-order valence-electron chi connectivity index (χ4n) is 8.95. The molecule has 1 saturated heterocycles. The summed E-state index contributed by atoms with van der Waals surface area (Å²) in [5.74, 6) is 0.152. The van der Waals surface area contributed by atoms with E-state index in [4.69, 9.17) is 4.74 Å². The minimum Gasteiger partial charge on any atom is -0.458 e. The summed E-state index contributed by atoms with van der Waals surface area (Å²) in [6.07, 6.45) is 8.96. The van der Waals surface area contributed by atoms with E-state index in [0.717, 1.165) is 71.2 Å². The van der Waals surface area contributed by atoms with Gasteiger partial charge in [0.25, 0.3) is 0 Å². The summed E-state index contributed by atoms with van der Waals surface area (Å²) in [6, 6.07) is 0. The second kappa shape index (κ2) is 11.6. The van der Waals surface area contributed by atoms with E-state index in [1.165, 1.54) is 5.57 Å². The summed E-state index contributed by atoms with van der Waals surface area (Å²) in [5.41, 5.74) is -0.718. The van der Waals surface area contributed by atoms with Gasteiger partial charge in [-0.25, -0.2) is 0 Å². The van der Waals surface area contributed by atoms with Gasteiger partial charge >= 0.3 is 5.97 Å². The fraction of sp³-hybridized carbons (Fsp3) is 0.806. The third kappa shape index (κ3) is 5.41. The molecule has 0 radical (unpaired) electrons. The highest BCUT2D eigenvalue weighted by atomic mass is 16.5. The highest BCUT2D eigenvalue weighted by Crippen LogP contribution is 2.67. The van der Waals surface area contributed by atoms with Crippen molar-refractivity contribution in [3.05, 3.63) is 11.6 Å². The molecule has 9 nitrogen and oxygen atoms in total. The predicted octanol–water partition coefficient (Wildman–Crippen LogP) is 2.51. The Morgan fingerprint density at radius 2 is 1.90 bits per heavy atom. The van der Waals surface area contributed by atoms with Crippen molar-refractivity contribution < 1.29 is 29.0 Å². The van der Waals surface area contributed by atoms with Gasteiger partial charge in [0.15, 0.2) is 12.4 Å². The van der Waals surface area contributed by atoms with Gasteiger partial charge in [-0.1, -0.05) is 19.4 Å². The lowest BCUT2D eigenvalue weighted by Gasteiger charge is -2.58. The van der Waals surface area contributed by atoms with E-state index in [-0.39, 0.29) is 35.9 Å². The minimum atomic E-state index is -1.51. The summed E-state index contributed by atoms with van der Waals surface area (Å²) in [6.45, 7) is 8.31. The molecule has 1 heterocycles. The van der Waals surface area contributed by atoms with E-state index in [2.05, 4.69) is 29.4 Å². The molecule has 222 valence electrons. The Bertz CT molecular complexity index is 1050. The minimum absolute atomic E-state index is 0.0201. The van der Waals surface area contributed by atoms with Crippen LogP contribution in [0.4, 0.5) is 0 Å². The van der Waals surface area contributed by atoms with E-state index in [1.54, 1.807) is 0 Å². The summed E-state index contributed by atoms with van der Waals surface area (Å²) in [5, 5.41) is 17.9. The lowest BCUT2D eigenvalue weighted by molar-refractivity contribution is -0.170. The lowest BCUT2D eigenvalue weighted by atomic mass is 9.46. The van der Waals surface area contributed by atoms with Gasteiger partial charge in [-0.15, -0.1) is 0 Å². The summed E-state index contributed by atoms with van der Waals surface area (Å²) in [7, 11) is 0. The largest absolute Gasteiger partial charge is 0.458 e. The number of allylic oxidation sites excluding steroid dienone is 1. The van der Waals surface area contributed by atoms with Crippen LogP contribution in [-0.2, 0) is 23.9 Å². The van der Waals surface area contributed by atoms with E-state index in [0.29, 0.717) is 31.2 Å². The number of Topliss-reactive ketones (excluding diaryl/α,β-unsaturated/α-hetero) is 1. The Balaban J connectivity index is 1.09. The molecule has 0 aromatic heterocycles. The number of aliphatic hydroxyl groups is 1. The van der Waals surface area contributed by atoms with Crippen LogP contribution in [-0.4, -0.2) is 78.5 Å². The molecule has 1 aliphatic heterocycles. The third-order valence-electron chi connectivity index (χ3n) is 11.4. The van der Waals surface area contributed by atoms with Gasteiger partial charge in [-0.2, -0.15) is 0 Å². The number of nitrogens with zero attached hydrogens (tertiary/aromatic N) is 1. The maximum absolute atomic E-state index is 13.4. The molecule has 6 atom stereocenters. The number of carbonyl (C=O) groups excluding carboxylic acids is 4. The summed E-state index contributed by atoms with van der Waals surface area (Å²) >= 11 is 0. The molecule has 4 aliphatic carbocycles. The van der Waals surface area contributed by atoms with Gasteiger partial charge in [0, 0.05) is 51.1 Å². The molecule has 5 rings (SSSR count). The number of nitrogens with one attached hydrogen (secondary N) is 2. The van der Waals surface area contributed by atoms with Crippen molar-refractivity contribution in [3.8, 4) is 0 Å². The van der Waals surface area contributed by atoms with Crippen LogP contribution in [0.15, 0.2) is 11.6 Å². The van der Waals surface area contributed by atoms with Crippen LogP contribution in [0.5, 0.6) is 0 Å². The van der Waals surface area contributed by atoms with E-state index in [1.807, 2.05) is 6.08 Å². The molecular weight excluding hydrogens is 510 g/mol. The highest BCUT2D eigenvalue weighted by molar-refractivity contribution is 5.92. The van der Waals surface area contributed by atoms with Gasteiger partial charge in [0.1, 0.15) is 5.60 Å². The highest BCUT2D eigenvalue weighted by Gasteiger charge is 2.66. The van der Waals surface area contributed by atoms with Crippen molar-refractivity contribution in [1.82, 2.24) is 15.5 Å². The van der Waals surface area contributed by atoms with Crippen molar-refractivity contribution in [2.75, 3.05) is 39.5 Å². The molecule has 9 heteroatoms. The van der Waals surface area contributed by atoms with Gasteiger partial charge in [0.05, 0.1) is 6.42 Å². The molecule has 0 spiro atoms. The molecule has 1 amide bonds. The number of fused-ring (bicyclic) bond motifs is 5. The lowest BCUT2D eigenvalue weighted by Crippen LogP contribution is -2.58. The zero-order valence-corrected chi connectivity index (χ0v) is 24.3. The second-order valence-corrected chi connectivity index (χ2v) is 13.4. The van der Waals surface area contributed by atoms with Crippen molar-refractivity contribution >= 4 is 23.4 Å². The molecule has 40 heavy (non-hydrogen) atoms. The van der Waals surface area contributed by atoms with Crippen LogP contribution in [0.2, 0.25) is 0 Å². The Kier molecular flexibility index (Phi) is 8.56. The Morgan fingerprint density at radius 3 is 2.67 bits per heavy atom. The van der Waals surface area contributed by atoms with E-state index in [9.17, 15) is 24.3 Å². The molecular formula is C31H47N3O6. The predicted molar refractivity (Wildman–Crippen MR) is 149 cm³/mol. The van der Waals surface area contributed by atoms with Crippen LogP contribution in [0, 0.1) is 28.6 Å². The van der Waals surface area contributed by atoms with Crippen LogP contribution >= 0.6 is 0 Å². The quantitative estimate of drug-likeness (QED) is 0.277. The molecule has 5 aliphatic rings. The van der Waals surface area contributed by atoms with Crippen molar-refractivity contribution in [1.29, 1.82) is 0 Å². The summed E-state index contributed by atoms with van der Waals surface area (Å²) < 4.78 is 5.27. The fourth-order valence-corrected chi connectivity index (χ4v) is 8.95. The molecule has 4 fully saturated rings. The topological polar surface area (TPSA) is 125 Å². The zero-order chi connectivity index (χ0) is 28.5. The normalized spacial score (nSPS) is 37.2. The van der Waals surface area contributed by atoms with Crippen molar-refractivity contribution in [2.45, 2.75) is 90.1 Å². The SMILES string of the molecule is C[C@]12CCC(=O)C=C1CC[C@@H]1[C@H]2CC[C@]2(C)[C@@H]1CC[C@]2(O)C(=O)COC(=O)CCC(=O)NCCCN1CCNC1. The smallest absolute Gasteiger partial charge is 0.306 e. The molecule has 0 bridgehead atoms. The number of hydrogen-bond donors (Lipinski definition) is 3. The van der Waals surface area contributed by atoms with Crippen LogP contribution in [0.3, 0.4) is 0 Å². The number of amides is 1. The Hall–Kier alpha value is -2.10. The Morgan fingerprint density at radius 1 is 1.10 bits per heavy atom. The standard InChI is InChI=1S/C31H47N3O6/c1-29-11-8-22(35)18-21(29)4-5-23-24(29)9-12-30(2)25(23)10-13-31(30,39)26(36)19-40-28(38)7-6-27(37)33-14-3-16-34-17-15-32-20-34/h18,23-25,32,39H,3-17,19-20H2,1-2H3,(H,33,37)/t23-,24-,25-,29+,30-,31+/m1/s1. The van der Waals surface area contributed by atoms with Gasteiger partial charge in [-0.05, 0) is 80.6 Å². The number of carbonyl (C=O) groups is 4. The first-order valence-corrected chi connectivity index (χ1v) is 15.4. The van der Waals surface area contributed by atoms with Crippen molar-refractivity contribution in [3.63, 3.8) is 0 Å². The maximum Gasteiger partial charge on any atom is 0.306 e. The molecule has 3 saturated carbocycles. The number of hydrogen-bond acceptors (Lipinski definition) is 8. The zero-order valence-electron chi connectivity index (χ0n) is 24.3. The third-order valence-corrected chi connectivity index (χ3v) is 11.4.